The van der Waals surface area contributed by atoms with Crippen LogP contribution in [-0.4, -0.2) is 26.8 Å². The van der Waals surface area contributed by atoms with Crippen molar-refractivity contribution in [3.05, 3.63) is 59.5 Å². The first-order chi connectivity index (χ1) is 12.0. The van der Waals surface area contributed by atoms with Gasteiger partial charge in [-0.1, -0.05) is 0 Å². The molecule has 0 spiro atoms. The predicted molar refractivity (Wildman–Crippen MR) is 90.1 cm³/mol. The van der Waals surface area contributed by atoms with E-state index in [1.807, 2.05) is 0 Å². The molecular formula is C18H15N3O4. The zero-order valence-corrected chi connectivity index (χ0v) is 13.6. The zero-order chi connectivity index (χ0) is 17.7. The number of aliphatic hydroxyl groups excluding tert-OH is 1. The highest BCUT2D eigenvalue weighted by Gasteiger charge is 2.44. The SMILES string of the molecule is CC(=O)C1=C(O)C(=O)N(c2ccc3nc[nH]c3c2)C1c1ccc(C)o1. The average molecular weight is 337 g/mol. The van der Waals surface area contributed by atoms with E-state index in [1.165, 1.54) is 11.8 Å². The van der Waals surface area contributed by atoms with Crippen LogP contribution in [-0.2, 0) is 9.59 Å². The number of aromatic amines is 1. The van der Waals surface area contributed by atoms with Crippen molar-refractivity contribution >= 4 is 28.4 Å². The highest BCUT2D eigenvalue weighted by Crippen LogP contribution is 2.41. The summed E-state index contributed by atoms with van der Waals surface area (Å²) >= 11 is 0. The molecule has 2 aromatic heterocycles. The molecule has 0 bridgehead atoms. The van der Waals surface area contributed by atoms with Crippen LogP contribution >= 0.6 is 0 Å². The number of furan rings is 1. The van der Waals surface area contributed by atoms with Crippen molar-refractivity contribution < 1.29 is 19.1 Å². The molecule has 1 aromatic carbocycles. The van der Waals surface area contributed by atoms with Gasteiger partial charge in [0, 0.05) is 5.69 Å². The lowest BCUT2D eigenvalue weighted by atomic mass is 10.0. The number of aliphatic hydroxyl groups is 1. The van der Waals surface area contributed by atoms with Crippen molar-refractivity contribution in [2.24, 2.45) is 0 Å². The van der Waals surface area contributed by atoms with Crippen molar-refractivity contribution in [2.45, 2.75) is 19.9 Å². The number of carbonyl (C=O) groups excluding carboxylic acids is 2. The minimum atomic E-state index is -0.806. The highest BCUT2D eigenvalue weighted by atomic mass is 16.3. The minimum Gasteiger partial charge on any atom is -0.503 e. The van der Waals surface area contributed by atoms with Crippen molar-refractivity contribution in [1.82, 2.24) is 9.97 Å². The number of nitrogens with zero attached hydrogens (tertiary/aromatic N) is 2. The quantitative estimate of drug-likeness (QED) is 0.765. The molecule has 1 aliphatic heterocycles. The van der Waals surface area contributed by atoms with Gasteiger partial charge in [0.1, 0.15) is 17.6 Å². The molecule has 1 atom stereocenters. The number of rotatable bonds is 3. The minimum absolute atomic E-state index is 0.0315. The van der Waals surface area contributed by atoms with Gasteiger partial charge < -0.3 is 14.5 Å². The van der Waals surface area contributed by atoms with Crippen LogP contribution in [0.2, 0.25) is 0 Å². The molecular weight excluding hydrogens is 322 g/mol. The van der Waals surface area contributed by atoms with Gasteiger partial charge >= 0.3 is 0 Å². The van der Waals surface area contributed by atoms with Gasteiger partial charge in [-0.25, -0.2) is 4.98 Å². The molecule has 1 unspecified atom stereocenters. The second-order valence-corrected chi connectivity index (χ2v) is 5.95. The molecule has 1 aliphatic rings. The summed E-state index contributed by atoms with van der Waals surface area (Å²) in [5.74, 6) is -0.486. The lowest BCUT2D eigenvalue weighted by Gasteiger charge is -2.24. The van der Waals surface area contributed by atoms with Crippen LogP contribution in [0.15, 0.2) is 52.4 Å². The van der Waals surface area contributed by atoms with Gasteiger partial charge in [-0.3, -0.25) is 14.5 Å². The zero-order valence-electron chi connectivity index (χ0n) is 13.6. The van der Waals surface area contributed by atoms with E-state index in [2.05, 4.69) is 9.97 Å². The number of ketones is 1. The van der Waals surface area contributed by atoms with Crippen molar-refractivity contribution in [1.29, 1.82) is 0 Å². The number of benzene rings is 1. The number of carbonyl (C=O) groups is 2. The summed E-state index contributed by atoms with van der Waals surface area (Å²) in [6.45, 7) is 3.10. The number of H-pyrrole nitrogens is 1. The maximum Gasteiger partial charge on any atom is 0.294 e. The van der Waals surface area contributed by atoms with E-state index in [0.717, 1.165) is 11.0 Å². The summed E-state index contributed by atoms with van der Waals surface area (Å²) in [4.78, 5) is 33.3. The molecule has 0 saturated heterocycles. The second kappa shape index (κ2) is 5.34. The summed E-state index contributed by atoms with van der Waals surface area (Å²) in [6, 6.07) is 7.89. The predicted octanol–water partition coefficient (Wildman–Crippen LogP) is 2.95. The van der Waals surface area contributed by atoms with Crippen LogP contribution in [0, 0.1) is 6.92 Å². The Morgan fingerprint density at radius 1 is 1.32 bits per heavy atom. The van der Waals surface area contributed by atoms with Gasteiger partial charge in [-0.2, -0.15) is 0 Å². The number of Topliss-reactive ketones (excluding diaryl/α,β-unsaturated/α-hetero) is 1. The standard InChI is InChI=1S/C18H15N3O4/c1-9-3-6-14(25-9)16-15(10(2)22)17(23)18(24)21(16)11-4-5-12-13(7-11)20-8-19-12/h3-8,16,23H,1-2H3,(H,19,20). The molecule has 1 amide bonds. The van der Waals surface area contributed by atoms with Crippen LogP contribution in [0.1, 0.15) is 24.5 Å². The van der Waals surface area contributed by atoms with Gasteiger partial charge in [0.15, 0.2) is 11.5 Å². The van der Waals surface area contributed by atoms with Crippen molar-refractivity contribution in [3.8, 4) is 0 Å². The normalized spacial score (nSPS) is 17.8. The molecule has 7 heteroatoms. The fourth-order valence-corrected chi connectivity index (χ4v) is 3.17. The first-order valence-corrected chi connectivity index (χ1v) is 7.74. The molecule has 4 rings (SSSR count). The molecule has 0 aliphatic carbocycles. The summed E-state index contributed by atoms with van der Waals surface area (Å²) in [5.41, 5.74) is 2.06. The molecule has 3 aromatic rings. The third-order valence-electron chi connectivity index (χ3n) is 4.30. The van der Waals surface area contributed by atoms with Crippen LogP contribution in [0.25, 0.3) is 11.0 Å². The monoisotopic (exact) mass is 337 g/mol. The van der Waals surface area contributed by atoms with E-state index in [0.29, 0.717) is 17.2 Å². The molecule has 2 N–H and O–H groups in total. The fraction of sp³-hybridized carbons (Fsp3) is 0.167. The van der Waals surface area contributed by atoms with E-state index in [9.17, 15) is 14.7 Å². The number of nitrogens with one attached hydrogen (secondary N) is 1. The Hall–Kier alpha value is -3.35. The number of aryl methyl sites for hydroxylation is 1. The Balaban J connectivity index is 1.90. The second-order valence-electron chi connectivity index (χ2n) is 5.95. The largest absolute Gasteiger partial charge is 0.503 e. The smallest absolute Gasteiger partial charge is 0.294 e. The molecule has 25 heavy (non-hydrogen) atoms. The maximum absolute atomic E-state index is 12.7. The lowest BCUT2D eigenvalue weighted by Crippen LogP contribution is -2.30. The summed E-state index contributed by atoms with van der Waals surface area (Å²) in [7, 11) is 0. The van der Waals surface area contributed by atoms with Gasteiger partial charge in [0.05, 0.1) is 22.9 Å². The lowest BCUT2D eigenvalue weighted by molar-refractivity contribution is -0.117. The number of aromatic nitrogens is 2. The Morgan fingerprint density at radius 3 is 2.80 bits per heavy atom. The van der Waals surface area contributed by atoms with E-state index in [4.69, 9.17) is 4.42 Å². The Labute approximate surface area is 142 Å². The molecule has 0 radical (unpaired) electrons. The number of imidazole rings is 1. The van der Waals surface area contributed by atoms with Crippen LogP contribution < -0.4 is 4.90 Å². The molecule has 0 saturated carbocycles. The first-order valence-electron chi connectivity index (χ1n) is 7.74. The molecule has 7 nitrogen and oxygen atoms in total. The molecule has 3 heterocycles. The van der Waals surface area contributed by atoms with E-state index >= 15 is 0 Å². The number of fused-ring (bicyclic) bond motifs is 1. The van der Waals surface area contributed by atoms with Gasteiger partial charge in [-0.05, 0) is 44.2 Å². The Bertz CT molecular complexity index is 1040. The van der Waals surface area contributed by atoms with Crippen molar-refractivity contribution in [2.75, 3.05) is 4.90 Å². The maximum atomic E-state index is 12.7. The number of hydrogen-bond acceptors (Lipinski definition) is 5. The van der Waals surface area contributed by atoms with Crippen LogP contribution in [0.3, 0.4) is 0 Å². The fourth-order valence-electron chi connectivity index (χ4n) is 3.17. The third kappa shape index (κ3) is 2.24. The molecule has 0 fully saturated rings. The Kier molecular flexibility index (Phi) is 3.24. The van der Waals surface area contributed by atoms with E-state index in [1.54, 1.807) is 43.6 Å². The number of anilines is 1. The van der Waals surface area contributed by atoms with E-state index in [-0.39, 0.29) is 11.4 Å². The number of amides is 1. The van der Waals surface area contributed by atoms with E-state index < -0.39 is 17.7 Å². The Morgan fingerprint density at radius 2 is 2.12 bits per heavy atom. The molecule has 126 valence electrons. The first kappa shape index (κ1) is 15.2. The summed E-state index contributed by atoms with van der Waals surface area (Å²) in [6.07, 6.45) is 1.56. The van der Waals surface area contributed by atoms with Gasteiger partial charge in [-0.15, -0.1) is 0 Å². The summed E-state index contributed by atoms with van der Waals surface area (Å²) in [5, 5.41) is 10.3. The third-order valence-corrected chi connectivity index (χ3v) is 4.30. The average Bonchev–Trinajstić information content (AvgIpc) is 3.26. The highest BCUT2D eigenvalue weighted by molar-refractivity contribution is 6.16. The van der Waals surface area contributed by atoms with Crippen LogP contribution in [0.5, 0.6) is 0 Å². The van der Waals surface area contributed by atoms with Gasteiger partial charge in [0.25, 0.3) is 5.91 Å². The van der Waals surface area contributed by atoms with Crippen molar-refractivity contribution in [3.63, 3.8) is 0 Å². The summed E-state index contributed by atoms with van der Waals surface area (Å²) < 4.78 is 5.66. The topological polar surface area (TPSA) is 99.4 Å². The van der Waals surface area contributed by atoms with Crippen LogP contribution in [0.4, 0.5) is 5.69 Å². The number of hydrogen-bond donors (Lipinski definition) is 2. The van der Waals surface area contributed by atoms with Gasteiger partial charge in [0.2, 0.25) is 0 Å².